The molecule has 1 saturated carbocycles. The summed E-state index contributed by atoms with van der Waals surface area (Å²) in [5.74, 6) is -0.246. The van der Waals surface area contributed by atoms with Gasteiger partial charge in [-0.05, 0) is 11.8 Å². The molecule has 0 radical (unpaired) electrons. The number of cyclic esters (lactones) is 2. The molecule has 4 atom stereocenters. The van der Waals surface area contributed by atoms with Crippen molar-refractivity contribution < 1.29 is 14.3 Å². The number of carbonyl (C=O) groups excluding carboxylic acids is 2. The molecule has 3 heteroatoms. The summed E-state index contributed by atoms with van der Waals surface area (Å²) >= 11 is 0. The fourth-order valence-corrected chi connectivity index (χ4v) is 2.26. The van der Waals surface area contributed by atoms with Crippen molar-refractivity contribution in [3.05, 3.63) is 12.2 Å². The van der Waals surface area contributed by atoms with E-state index in [2.05, 4.69) is 4.74 Å². The van der Waals surface area contributed by atoms with E-state index in [1.165, 1.54) is 0 Å². The lowest BCUT2D eigenvalue weighted by molar-refractivity contribution is -0.153. The molecule has 3 aliphatic rings. The molecular weight excluding hydrogens is 144 g/mol. The van der Waals surface area contributed by atoms with E-state index in [1.807, 2.05) is 12.2 Å². The van der Waals surface area contributed by atoms with Crippen LogP contribution in [0.25, 0.3) is 0 Å². The van der Waals surface area contributed by atoms with E-state index in [0.29, 0.717) is 11.8 Å². The highest BCUT2D eigenvalue weighted by Crippen LogP contribution is 2.56. The Morgan fingerprint density at radius 3 is 1.82 bits per heavy atom. The highest BCUT2D eigenvalue weighted by Gasteiger charge is 2.64. The molecular formula is C8H6O3. The summed E-state index contributed by atoms with van der Waals surface area (Å²) in [5, 5.41) is 0. The lowest BCUT2D eigenvalue weighted by Crippen LogP contribution is -2.50. The van der Waals surface area contributed by atoms with Gasteiger partial charge in [-0.25, -0.2) is 0 Å². The summed E-state index contributed by atoms with van der Waals surface area (Å²) in [6.45, 7) is 0. The van der Waals surface area contributed by atoms with E-state index in [0.717, 1.165) is 0 Å². The largest absolute Gasteiger partial charge is 0.393 e. The molecule has 2 fully saturated rings. The average Bonchev–Trinajstić information content (AvgIpc) is 2.11. The van der Waals surface area contributed by atoms with Gasteiger partial charge in [0, 0.05) is 0 Å². The lowest BCUT2D eigenvalue weighted by atomic mass is 9.52. The number of hydrogen-bond donors (Lipinski definition) is 0. The molecule has 3 nitrogen and oxygen atoms in total. The maximum absolute atomic E-state index is 11.0. The molecule has 1 saturated heterocycles. The number of esters is 2. The van der Waals surface area contributed by atoms with Gasteiger partial charge < -0.3 is 4.74 Å². The fourth-order valence-electron chi connectivity index (χ4n) is 2.26. The third-order valence-electron chi connectivity index (χ3n) is 2.96. The molecule has 0 amide bonds. The van der Waals surface area contributed by atoms with Gasteiger partial charge in [0.05, 0.1) is 11.8 Å². The maximum atomic E-state index is 11.0. The second-order valence-corrected chi connectivity index (χ2v) is 3.33. The SMILES string of the molecule is O=C1OC(=O)C2C3C=CC3C12. The van der Waals surface area contributed by atoms with Crippen LogP contribution in [0.1, 0.15) is 0 Å². The van der Waals surface area contributed by atoms with Gasteiger partial charge in [0.1, 0.15) is 0 Å². The normalized spacial score (nSPS) is 50.5. The monoisotopic (exact) mass is 150 g/mol. The van der Waals surface area contributed by atoms with E-state index < -0.39 is 0 Å². The van der Waals surface area contributed by atoms with Crippen LogP contribution in [0.2, 0.25) is 0 Å². The molecule has 0 bridgehead atoms. The minimum absolute atomic E-state index is 0.127. The Kier molecular flexibility index (Phi) is 0.700. The minimum Gasteiger partial charge on any atom is -0.393 e. The number of ether oxygens (including phenoxy) is 1. The first-order valence-electron chi connectivity index (χ1n) is 3.73. The smallest absolute Gasteiger partial charge is 0.318 e. The Balaban J connectivity index is 2.03. The topological polar surface area (TPSA) is 43.4 Å². The highest BCUT2D eigenvalue weighted by atomic mass is 16.6. The summed E-state index contributed by atoms with van der Waals surface area (Å²) in [5.41, 5.74) is 0. The zero-order valence-corrected chi connectivity index (χ0v) is 5.69. The molecule has 0 aromatic carbocycles. The molecule has 0 N–H and O–H groups in total. The molecule has 0 aromatic rings. The predicted octanol–water partition coefficient (Wildman–Crippen LogP) is 0.118. The van der Waals surface area contributed by atoms with Crippen LogP contribution in [0.15, 0.2) is 12.2 Å². The Morgan fingerprint density at radius 2 is 1.45 bits per heavy atom. The second kappa shape index (κ2) is 1.40. The Labute approximate surface area is 63.0 Å². The van der Waals surface area contributed by atoms with E-state index in [9.17, 15) is 9.59 Å². The first kappa shape index (κ1) is 5.52. The van der Waals surface area contributed by atoms with Crippen LogP contribution < -0.4 is 0 Å². The van der Waals surface area contributed by atoms with Gasteiger partial charge in [0.25, 0.3) is 0 Å². The molecule has 1 heterocycles. The van der Waals surface area contributed by atoms with Crippen molar-refractivity contribution >= 4 is 11.9 Å². The number of allylic oxidation sites excluding steroid dienone is 2. The van der Waals surface area contributed by atoms with E-state index in [-0.39, 0.29) is 23.8 Å². The number of rotatable bonds is 0. The van der Waals surface area contributed by atoms with Gasteiger partial charge in [0.2, 0.25) is 0 Å². The zero-order chi connectivity index (χ0) is 7.59. The third-order valence-corrected chi connectivity index (χ3v) is 2.96. The summed E-state index contributed by atoms with van der Waals surface area (Å²) in [7, 11) is 0. The lowest BCUT2D eigenvalue weighted by Gasteiger charge is -2.46. The molecule has 1 aliphatic heterocycles. The van der Waals surface area contributed by atoms with Gasteiger partial charge in [0.15, 0.2) is 0 Å². The Bertz CT molecular complexity index is 264. The standard InChI is InChI=1S/C8H6O3/c9-7-5-3-1-2-4(3)6(5)8(10)11-7/h1-6H. The molecule has 56 valence electrons. The van der Waals surface area contributed by atoms with Gasteiger partial charge >= 0.3 is 11.9 Å². The summed E-state index contributed by atoms with van der Waals surface area (Å²) in [4.78, 5) is 21.9. The van der Waals surface area contributed by atoms with Crippen LogP contribution in [-0.2, 0) is 14.3 Å². The van der Waals surface area contributed by atoms with Crippen molar-refractivity contribution in [2.75, 3.05) is 0 Å². The molecule has 0 aromatic heterocycles. The molecule has 4 unspecified atom stereocenters. The van der Waals surface area contributed by atoms with Gasteiger partial charge in [-0.15, -0.1) is 0 Å². The maximum Gasteiger partial charge on any atom is 0.318 e. The van der Waals surface area contributed by atoms with Crippen LogP contribution in [0.3, 0.4) is 0 Å². The fraction of sp³-hybridized carbons (Fsp3) is 0.500. The summed E-state index contributed by atoms with van der Waals surface area (Å²) in [6.07, 6.45) is 3.98. The van der Waals surface area contributed by atoms with Crippen molar-refractivity contribution in [2.24, 2.45) is 23.7 Å². The van der Waals surface area contributed by atoms with Gasteiger partial charge in [-0.2, -0.15) is 0 Å². The number of carbonyl (C=O) groups is 2. The van der Waals surface area contributed by atoms with E-state index >= 15 is 0 Å². The van der Waals surface area contributed by atoms with Gasteiger partial charge in [-0.1, -0.05) is 12.2 Å². The van der Waals surface area contributed by atoms with Crippen LogP contribution in [0.5, 0.6) is 0 Å². The Hall–Kier alpha value is -1.12. The Morgan fingerprint density at radius 1 is 1.00 bits per heavy atom. The molecule has 0 spiro atoms. The van der Waals surface area contributed by atoms with Crippen molar-refractivity contribution in [2.45, 2.75) is 0 Å². The van der Waals surface area contributed by atoms with Crippen molar-refractivity contribution in [3.63, 3.8) is 0 Å². The van der Waals surface area contributed by atoms with E-state index in [1.54, 1.807) is 0 Å². The van der Waals surface area contributed by atoms with Crippen LogP contribution in [0, 0.1) is 23.7 Å². The first-order chi connectivity index (χ1) is 5.29. The van der Waals surface area contributed by atoms with Crippen LogP contribution >= 0.6 is 0 Å². The van der Waals surface area contributed by atoms with Gasteiger partial charge in [-0.3, -0.25) is 9.59 Å². The average molecular weight is 150 g/mol. The molecule has 2 aliphatic carbocycles. The van der Waals surface area contributed by atoms with Crippen molar-refractivity contribution in [1.82, 2.24) is 0 Å². The first-order valence-corrected chi connectivity index (χ1v) is 3.73. The predicted molar refractivity (Wildman–Crippen MR) is 34.2 cm³/mol. The van der Waals surface area contributed by atoms with Crippen molar-refractivity contribution in [1.29, 1.82) is 0 Å². The van der Waals surface area contributed by atoms with Crippen molar-refractivity contribution in [3.8, 4) is 0 Å². The highest BCUT2D eigenvalue weighted by molar-refractivity contribution is 5.99. The summed E-state index contributed by atoms with van der Waals surface area (Å²) in [6, 6.07) is 0. The minimum atomic E-state index is -0.314. The van der Waals surface area contributed by atoms with E-state index in [4.69, 9.17) is 0 Å². The molecule has 11 heavy (non-hydrogen) atoms. The third kappa shape index (κ3) is 0.414. The van der Waals surface area contributed by atoms with Crippen LogP contribution in [0.4, 0.5) is 0 Å². The number of fused-ring (bicyclic) bond motifs is 4. The summed E-state index contributed by atoms with van der Waals surface area (Å²) < 4.78 is 4.51. The molecule has 3 rings (SSSR count). The quantitative estimate of drug-likeness (QED) is 0.280. The number of hydrogen-bond acceptors (Lipinski definition) is 3. The second-order valence-electron chi connectivity index (χ2n) is 3.33. The zero-order valence-electron chi connectivity index (χ0n) is 5.69. The van der Waals surface area contributed by atoms with Crippen LogP contribution in [-0.4, -0.2) is 11.9 Å².